The summed E-state index contributed by atoms with van der Waals surface area (Å²) in [6.07, 6.45) is 4.65. The number of likely N-dealkylation sites (tertiary alicyclic amines) is 1. The molecule has 1 aromatic heterocycles. The highest BCUT2D eigenvalue weighted by molar-refractivity contribution is 5.92. The van der Waals surface area contributed by atoms with Crippen LogP contribution in [0, 0.1) is 5.92 Å². The molecular formula is C13H19N3O3. The molecule has 0 N–H and O–H groups in total. The molecule has 6 nitrogen and oxygen atoms in total. The van der Waals surface area contributed by atoms with E-state index in [-0.39, 0.29) is 17.8 Å². The van der Waals surface area contributed by atoms with Crippen molar-refractivity contribution in [3.05, 3.63) is 18.2 Å². The van der Waals surface area contributed by atoms with Gasteiger partial charge >= 0.3 is 5.97 Å². The van der Waals surface area contributed by atoms with Gasteiger partial charge in [-0.25, -0.2) is 4.98 Å². The van der Waals surface area contributed by atoms with Crippen LogP contribution in [0.4, 0.5) is 0 Å². The Balaban J connectivity index is 1.89. The molecule has 1 aliphatic rings. The predicted octanol–water partition coefficient (Wildman–Crippen LogP) is 0.835. The van der Waals surface area contributed by atoms with Gasteiger partial charge in [0.1, 0.15) is 5.69 Å². The van der Waals surface area contributed by atoms with E-state index in [9.17, 15) is 9.59 Å². The zero-order valence-corrected chi connectivity index (χ0v) is 11.3. The summed E-state index contributed by atoms with van der Waals surface area (Å²) in [4.78, 5) is 29.6. The van der Waals surface area contributed by atoms with E-state index in [2.05, 4.69) is 4.98 Å². The third-order valence-corrected chi connectivity index (χ3v) is 3.33. The monoisotopic (exact) mass is 265 g/mol. The number of carbonyl (C=O) groups is 2. The van der Waals surface area contributed by atoms with Gasteiger partial charge in [0.2, 0.25) is 0 Å². The number of ether oxygens (including phenoxy) is 1. The smallest absolute Gasteiger partial charge is 0.309 e. The minimum Gasteiger partial charge on any atom is -0.466 e. The summed E-state index contributed by atoms with van der Waals surface area (Å²) < 4.78 is 6.76. The molecule has 19 heavy (non-hydrogen) atoms. The highest BCUT2D eigenvalue weighted by Gasteiger charge is 2.29. The Kier molecular flexibility index (Phi) is 4.19. The molecular weight excluding hydrogens is 246 g/mol. The van der Waals surface area contributed by atoms with Crippen molar-refractivity contribution in [3.8, 4) is 0 Å². The minimum atomic E-state index is -0.146. The summed E-state index contributed by atoms with van der Waals surface area (Å²) in [6.45, 7) is 3.38. The number of imidazole rings is 1. The van der Waals surface area contributed by atoms with Crippen molar-refractivity contribution >= 4 is 11.9 Å². The van der Waals surface area contributed by atoms with Gasteiger partial charge in [-0.15, -0.1) is 0 Å². The molecule has 0 saturated carbocycles. The number of aryl methyl sites for hydroxylation is 1. The maximum Gasteiger partial charge on any atom is 0.309 e. The Morgan fingerprint density at radius 3 is 2.63 bits per heavy atom. The van der Waals surface area contributed by atoms with Gasteiger partial charge in [-0.1, -0.05) is 0 Å². The Labute approximate surface area is 112 Å². The van der Waals surface area contributed by atoms with E-state index in [4.69, 9.17) is 4.74 Å². The SMILES string of the molecule is CCOC(=O)C1CCN(C(=O)c2cn(C)cn2)CC1. The summed E-state index contributed by atoms with van der Waals surface area (Å²) in [6, 6.07) is 0. The molecule has 0 atom stereocenters. The fraction of sp³-hybridized carbons (Fsp3) is 0.615. The van der Waals surface area contributed by atoms with E-state index in [1.807, 2.05) is 7.05 Å². The van der Waals surface area contributed by atoms with Crippen molar-refractivity contribution in [3.63, 3.8) is 0 Å². The lowest BCUT2D eigenvalue weighted by Gasteiger charge is -2.30. The van der Waals surface area contributed by atoms with E-state index in [0.717, 1.165) is 0 Å². The maximum atomic E-state index is 12.1. The lowest BCUT2D eigenvalue weighted by atomic mass is 9.97. The van der Waals surface area contributed by atoms with E-state index in [0.29, 0.717) is 38.2 Å². The molecule has 1 saturated heterocycles. The van der Waals surface area contributed by atoms with Gasteiger partial charge in [-0.05, 0) is 19.8 Å². The Hall–Kier alpha value is -1.85. The van der Waals surface area contributed by atoms with Crippen molar-refractivity contribution in [2.24, 2.45) is 13.0 Å². The topological polar surface area (TPSA) is 64.4 Å². The van der Waals surface area contributed by atoms with Gasteiger partial charge < -0.3 is 14.2 Å². The average Bonchev–Trinajstić information content (AvgIpc) is 2.85. The first-order valence-electron chi connectivity index (χ1n) is 6.55. The third kappa shape index (κ3) is 3.13. The van der Waals surface area contributed by atoms with Crippen LogP contribution in [-0.2, 0) is 16.6 Å². The maximum absolute atomic E-state index is 12.1. The summed E-state index contributed by atoms with van der Waals surface area (Å²) in [5, 5.41) is 0. The molecule has 0 radical (unpaired) electrons. The van der Waals surface area contributed by atoms with Crippen LogP contribution < -0.4 is 0 Å². The van der Waals surface area contributed by atoms with E-state index >= 15 is 0 Å². The predicted molar refractivity (Wildman–Crippen MR) is 68.5 cm³/mol. The van der Waals surface area contributed by atoms with Crippen molar-refractivity contribution < 1.29 is 14.3 Å². The number of carbonyl (C=O) groups excluding carboxylic acids is 2. The van der Waals surface area contributed by atoms with Gasteiger partial charge in [0.15, 0.2) is 0 Å². The summed E-state index contributed by atoms with van der Waals surface area (Å²) in [5.41, 5.74) is 0.456. The van der Waals surface area contributed by atoms with E-state index in [1.165, 1.54) is 0 Å². The summed E-state index contributed by atoms with van der Waals surface area (Å²) in [7, 11) is 1.83. The van der Waals surface area contributed by atoms with Crippen LogP contribution >= 0.6 is 0 Å². The van der Waals surface area contributed by atoms with Crippen LogP contribution in [-0.4, -0.2) is 46.0 Å². The number of amides is 1. The highest BCUT2D eigenvalue weighted by Crippen LogP contribution is 2.19. The number of nitrogens with zero attached hydrogens (tertiary/aromatic N) is 3. The Bertz CT molecular complexity index is 461. The highest BCUT2D eigenvalue weighted by atomic mass is 16.5. The fourth-order valence-corrected chi connectivity index (χ4v) is 2.26. The van der Waals surface area contributed by atoms with Crippen LogP contribution in [0.25, 0.3) is 0 Å². The zero-order chi connectivity index (χ0) is 13.8. The molecule has 1 aromatic rings. The number of aromatic nitrogens is 2. The second-order valence-electron chi connectivity index (χ2n) is 4.74. The van der Waals surface area contributed by atoms with Crippen LogP contribution in [0.5, 0.6) is 0 Å². The lowest BCUT2D eigenvalue weighted by Crippen LogP contribution is -2.40. The molecule has 0 spiro atoms. The Morgan fingerprint density at radius 1 is 1.42 bits per heavy atom. The molecule has 1 fully saturated rings. The molecule has 0 aliphatic carbocycles. The molecule has 0 bridgehead atoms. The lowest BCUT2D eigenvalue weighted by molar-refractivity contribution is -0.149. The molecule has 1 amide bonds. The molecule has 1 aliphatic heterocycles. The molecule has 2 heterocycles. The molecule has 0 unspecified atom stereocenters. The van der Waals surface area contributed by atoms with Gasteiger partial charge in [0, 0.05) is 26.3 Å². The standard InChI is InChI=1S/C13H19N3O3/c1-3-19-13(18)10-4-6-16(7-5-10)12(17)11-8-15(2)9-14-11/h8-10H,3-7H2,1-2H3. The van der Waals surface area contributed by atoms with Crippen LogP contribution in [0.2, 0.25) is 0 Å². The first-order valence-corrected chi connectivity index (χ1v) is 6.55. The number of piperidine rings is 1. The first kappa shape index (κ1) is 13.6. The number of hydrogen-bond acceptors (Lipinski definition) is 4. The number of rotatable bonds is 3. The number of hydrogen-bond donors (Lipinski definition) is 0. The van der Waals surface area contributed by atoms with Crippen molar-refractivity contribution in [1.29, 1.82) is 0 Å². The zero-order valence-electron chi connectivity index (χ0n) is 11.3. The fourth-order valence-electron chi connectivity index (χ4n) is 2.26. The van der Waals surface area contributed by atoms with E-state index < -0.39 is 0 Å². The Morgan fingerprint density at radius 2 is 2.11 bits per heavy atom. The van der Waals surface area contributed by atoms with Crippen molar-refractivity contribution in [2.45, 2.75) is 19.8 Å². The number of esters is 1. The van der Waals surface area contributed by atoms with Gasteiger partial charge in [0.25, 0.3) is 5.91 Å². The van der Waals surface area contributed by atoms with Crippen LogP contribution in [0.15, 0.2) is 12.5 Å². The van der Waals surface area contributed by atoms with Gasteiger partial charge in [0.05, 0.1) is 18.9 Å². The molecule has 2 rings (SSSR count). The molecule has 104 valence electrons. The third-order valence-electron chi connectivity index (χ3n) is 3.33. The average molecular weight is 265 g/mol. The summed E-state index contributed by atoms with van der Waals surface area (Å²) >= 11 is 0. The normalized spacial score (nSPS) is 16.4. The van der Waals surface area contributed by atoms with Crippen LogP contribution in [0.3, 0.4) is 0 Å². The molecule has 6 heteroatoms. The minimum absolute atomic E-state index is 0.0668. The largest absolute Gasteiger partial charge is 0.466 e. The second kappa shape index (κ2) is 5.86. The molecule has 0 aromatic carbocycles. The van der Waals surface area contributed by atoms with Gasteiger partial charge in [-0.2, -0.15) is 0 Å². The van der Waals surface area contributed by atoms with Gasteiger partial charge in [-0.3, -0.25) is 9.59 Å². The first-order chi connectivity index (χ1) is 9.11. The summed E-state index contributed by atoms with van der Waals surface area (Å²) in [5.74, 6) is -0.289. The van der Waals surface area contributed by atoms with Crippen molar-refractivity contribution in [2.75, 3.05) is 19.7 Å². The second-order valence-corrected chi connectivity index (χ2v) is 4.74. The van der Waals surface area contributed by atoms with E-state index in [1.54, 1.807) is 28.9 Å². The van der Waals surface area contributed by atoms with Crippen LogP contribution in [0.1, 0.15) is 30.3 Å². The quantitative estimate of drug-likeness (QED) is 0.760. The van der Waals surface area contributed by atoms with Crippen molar-refractivity contribution in [1.82, 2.24) is 14.5 Å².